The van der Waals surface area contributed by atoms with E-state index in [9.17, 15) is 9.59 Å². The molecule has 7 heteroatoms. The number of hydrogen-bond donors (Lipinski definition) is 3. The van der Waals surface area contributed by atoms with Crippen molar-refractivity contribution in [1.82, 2.24) is 20.9 Å². The Kier molecular flexibility index (Phi) is 9.47. The first-order chi connectivity index (χ1) is 14.1. The summed E-state index contributed by atoms with van der Waals surface area (Å²) in [5.41, 5.74) is 1.67. The van der Waals surface area contributed by atoms with Crippen molar-refractivity contribution < 1.29 is 9.59 Å². The second kappa shape index (κ2) is 12.1. The van der Waals surface area contributed by atoms with Gasteiger partial charge in [0.05, 0.1) is 6.54 Å². The molecular weight excluding hydrogens is 366 g/mol. The van der Waals surface area contributed by atoms with Crippen LogP contribution in [0.15, 0.2) is 29.3 Å². The predicted octanol–water partition coefficient (Wildman–Crippen LogP) is 2.14. The highest BCUT2D eigenvalue weighted by Crippen LogP contribution is 2.11. The first-order valence-corrected chi connectivity index (χ1v) is 10.7. The lowest BCUT2D eigenvalue weighted by molar-refractivity contribution is -0.123. The van der Waals surface area contributed by atoms with Gasteiger partial charge in [-0.1, -0.05) is 45.2 Å². The first-order valence-electron chi connectivity index (χ1n) is 10.7. The van der Waals surface area contributed by atoms with Crippen molar-refractivity contribution in [1.29, 1.82) is 0 Å². The largest absolute Gasteiger partial charge is 0.356 e. The molecule has 1 saturated heterocycles. The molecule has 7 nitrogen and oxygen atoms in total. The van der Waals surface area contributed by atoms with Gasteiger partial charge in [-0.3, -0.25) is 14.6 Å². The van der Waals surface area contributed by atoms with E-state index in [-0.39, 0.29) is 18.4 Å². The number of guanidine groups is 1. The van der Waals surface area contributed by atoms with Crippen LogP contribution in [0.5, 0.6) is 0 Å². The molecule has 1 fully saturated rings. The van der Waals surface area contributed by atoms with E-state index in [1.165, 1.54) is 19.3 Å². The van der Waals surface area contributed by atoms with Crippen LogP contribution >= 0.6 is 0 Å². The highest BCUT2D eigenvalue weighted by molar-refractivity contribution is 5.97. The number of hydrogen-bond acceptors (Lipinski definition) is 3. The molecule has 0 bridgehead atoms. The zero-order valence-corrected chi connectivity index (χ0v) is 18.0. The lowest BCUT2D eigenvalue weighted by Gasteiger charge is -2.26. The number of benzene rings is 1. The van der Waals surface area contributed by atoms with Gasteiger partial charge in [-0.25, -0.2) is 0 Å². The van der Waals surface area contributed by atoms with Gasteiger partial charge in [0.1, 0.15) is 0 Å². The molecule has 29 heavy (non-hydrogen) atoms. The molecule has 1 aliphatic heterocycles. The monoisotopic (exact) mass is 401 g/mol. The van der Waals surface area contributed by atoms with Crippen LogP contribution in [0.25, 0.3) is 0 Å². The summed E-state index contributed by atoms with van der Waals surface area (Å²) in [7, 11) is 1.78. The first kappa shape index (κ1) is 22.7. The second-order valence-corrected chi connectivity index (χ2v) is 7.50. The molecule has 1 aromatic carbocycles. The van der Waals surface area contributed by atoms with E-state index in [1.807, 2.05) is 24.3 Å². The van der Waals surface area contributed by atoms with Gasteiger partial charge in [-0.2, -0.15) is 0 Å². The fourth-order valence-corrected chi connectivity index (χ4v) is 3.35. The number of carbonyl (C=O) groups is 2. The van der Waals surface area contributed by atoms with Gasteiger partial charge in [0.15, 0.2) is 5.96 Å². The van der Waals surface area contributed by atoms with Gasteiger partial charge in [-0.05, 0) is 30.0 Å². The molecule has 3 N–H and O–H groups in total. The Labute approximate surface area is 174 Å². The Balaban J connectivity index is 1.82. The molecule has 0 spiro atoms. The molecule has 0 aliphatic carbocycles. The van der Waals surface area contributed by atoms with E-state index in [0.29, 0.717) is 31.1 Å². The summed E-state index contributed by atoms with van der Waals surface area (Å²) in [4.78, 5) is 29.9. The minimum atomic E-state index is -0.107. The zero-order valence-electron chi connectivity index (χ0n) is 18.0. The Morgan fingerprint density at radius 3 is 2.62 bits per heavy atom. The van der Waals surface area contributed by atoms with Crippen LogP contribution in [0.1, 0.15) is 55.5 Å². The van der Waals surface area contributed by atoms with Crippen molar-refractivity contribution in [2.24, 2.45) is 10.9 Å². The van der Waals surface area contributed by atoms with Crippen LogP contribution in [0.3, 0.4) is 0 Å². The van der Waals surface area contributed by atoms with Crippen molar-refractivity contribution in [3.8, 4) is 0 Å². The molecule has 1 aliphatic rings. The molecule has 0 radical (unpaired) electrons. The van der Waals surface area contributed by atoms with Crippen LogP contribution in [0, 0.1) is 5.92 Å². The summed E-state index contributed by atoms with van der Waals surface area (Å²) in [6.07, 6.45) is 4.90. The molecule has 1 heterocycles. The lowest BCUT2D eigenvalue weighted by Crippen LogP contribution is -2.49. The normalized spacial score (nSPS) is 15.6. The Bertz CT molecular complexity index is 687. The number of amides is 2. The number of unbranched alkanes of at least 4 members (excludes halogenated alkanes) is 1. The zero-order chi connectivity index (χ0) is 21.1. The SMILES string of the molecule is CCCCC(CC)CNC(=NC)NCc1ccc(C(=O)N2CCNC(=O)C2)cc1. The molecule has 2 amide bonds. The third-order valence-corrected chi connectivity index (χ3v) is 5.31. The predicted molar refractivity (Wildman–Crippen MR) is 117 cm³/mol. The second-order valence-electron chi connectivity index (χ2n) is 7.50. The summed E-state index contributed by atoms with van der Waals surface area (Å²) in [6.45, 7) is 7.20. The van der Waals surface area contributed by atoms with Crippen molar-refractivity contribution >= 4 is 17.8 Å². The summed E-state index contributed by atoms with van der Waals surface area (Å²) >= 11 is 0. The number of aliphatic imine (C=N–C) groups is 1. The van der Waals surface area contributed by atoms with Gasteiger partial charge < -0.3 is 20.9 Å². The van der Waals surface area contributed by atoms with Crippen molar-refractivity contribution in [3.05, 3.63) is 35.4 Å². The Hall–Kier alpha value is -2.57. The van der Waals surface area contributed by atoms with E-state index in [1.54, 1.807) is 11.9 Å². The average molecular weight is 402 g/mol. The highest BCUT2D eigenvalue weighted by Gasteiger charge is 2.22. The molecule has 1 aromatic rings. The number of nitrogens with one attached hydrogen (secondary N) is 3. The fraction of sp³-hybridized carbons (Fsp3) is 0.591. The number of nitrogens with zero attached hydrogens (tertiary/aromatic N) is 2. The van der Waals surface area contributed by atoms with E-state index >= 15 is 0 Å². The third kappa shape index (κ3) is 7.40. The number of piperazine rings is 1. The van der Waals surface area contributed by atoms with Crippen LogP contribution in [-0.2, 0) is 11.3 Å². The molecule has 2 rings (SSSR count). The van der Waals surface area contributed by atoms with Crippen LogP contribution in [-0.4, -0.2) is 55.9 Å². The van der Waals surface area contributed by atoms with Crippen LogP contribution < -0.4 is 16.0 Å². The minimum absolute atomic E-state index is 0.102. The molecular formula is C22H35N5O2. The molecule has 1 unspecified atom stereocenters. The smallest absolute Gasteiger partial charge is 0.254 e. The van der Waals surface area contributed by atoms with Crippen molar-refractivity contribution in [2.75, 3.05) is 33.2 Å². The van der Waals surface area contributed by atoms with E-state index in [4.69, 9.17) is 0 Å². The van der Waals surface area contributed by atoms with Crippen molar-refractivity contribution in [2.45, 2.75) is 46.1 Å². The Morgan fingerprint density at radius 1 is 1.24 bits per heavy atom. The number of rotatable bonds is 9. The van der Waals surface area contributed by atoms with Crippen LogP contribution in [0.4, 0.5) is 0 Å². The molecule has 0 aromatic heterocycles. The summed E-state index contributed by atoms with van der Waals surface area (Å²) < 4.78 is 0. The summed E-state index contributed by atoms with van der Waals surface area (Å²) in [5, 5.41) is 9.48. The van der Waals surface area contributed by atoms with E-state index in [0.717, 1.165) is 24.5 Å². The van der Waals surface area contributed by atoms with E-state index < -0.39 is 0 Å². The van der Waals surface area contributed by atoms with Gasteiger partial charge in [0.25, 0.3) is 5.91 Å². The van der Waals surface area contributed by atoms with E-state index in [2.05, 4.69) is 34.8 Å². The maximum absolute atomic E-state index is 12.5. The van der Waals surface area contributed by atoms with Gasteiger partial charge in [0, 0.05) is 38.8 Å². The topological polar surface area (TPSA) is 85.8 Å². The summed E-state index contributed by atoms with van der Waals surface area (Å²) in [5.74, 6) is 1.24. The molecule has 1 atom stereocenters. The fourth-order valence-electron chi connectivity index (χ4n) is 3.35. The summed E-state index contributed by atoms with van der Waals surface area (Å²) in [6, 6.07) is 7.51. The van der Waals surface area contributed by atoms with Crippen molar-refractivity contribution in [3.63, 3.8) is 0 Å². The standard InChI is InChI=1S/C22H35N5O2/c1-4-6-7-17(5-2)14-25-22(23-3)26-15-18-8-10-19(11-9-18)21(29)27-13-12-24-20(28)16-27/h8-11,17H,4-7,12-16H2,1-3H3,(H,24,28)(H2,23,25,26). The molecule has 160 valence electrons. The minimum Gasteiger partial charge on any atom is -0.356 e. The highest BCUT2D eigenvalue weighted by atomic mass is 16.2. The van der Waals surface area contributed by atoms with Crippen LogP contribution in [0.2, 0.25) is 0 Å². The third-order valence-electron chi connectivity index (χ3n) is 5.31. The Morgan fingerprint density at radius 2 is 2.00 bits per heavy atom. The average Bonchev–Trinajstić information content (AvgIpc) is 2.75. The van der Waals surface area contributed by atoms with Gasteiger partial charge >= 0.3 is 0 Å². The quantitative estimate of drug-likeness (QED) is 0.437. The lowest BCUT2D eigenvalue weighted by atomic mass is 9.99. The maximum atomic E-state index is 12.5. The maximum Gasteiger partial charge on any atom is 0.254 e. The van der Waals surface area contributed by atoms with Gasteiger partial charge in [-0.15, -0.1) is 0 Å². The number of carbonyl (C=O) groups excluding carboxylic acids is 2. The molecule has 0 saturated carbocycles. The van der Waals surface area contributed by atoms with Gasteiger partial charge in [0.2, 0.25) is 5.91 Å².